The predicted molar refractivity (Wildman–Crippen MR) is 151 cm³/mol. The van der Waals surface area contributed by atoms with Crippen LogP contribution >= 0.6 is 11.6 Å². The van der Waals surface area contributed by atoms with Crippen molar-refractivity contribution in [1.29, 1.82) is 0 Å². The van der Waals surface area contributed by atoms with Crippen molar-refractivity contribution in [1.82, 2.24) is 14.9 Å². The Bertz CT molecular complexity index is 1320. The van der Waals surface area contributed by atoms with E-state index in [1.165, 1.54) is 4.90 Å². The van der Waals surface area contributed by atoms with E-state index in [1.807, 2.05) is 18.2 Å². The van der Waals surface area contributed by atoms with Gasteiger partial charge in [0.15, 0.2) is 0 Å². The summed E-state index contributed by atoms with van der Waals surface area (Å²) in [5, 5.41) is 17.1. The van der Waals surface area contributed by atoms with Crippen LogP contribution in [0.1, 0.15) is 64.7 Å². The molecule has 0 unspecified atom stereocenters. The number of rotatable bonds is 5. The minimum atomic E-state index is -3.90. The third kappa shape index (κ3) is 5.87. The molecular weight excluding hydrogens is 556 g/mol. The van der Waals surface area contributed by atoms with E-state index in [0.29, 0.717) is 30.0 Å². The van der Waals surface area contributed by atoms with E-state index in [2.05, 4.69) is 15.4 Å². The van der Waals surface area contributed by atoms with Gasteiger partial charge in [-0.2, -0.15) is 0 Å². The van der Waals surface area contributed by atoms with E-state index >= 15 is 0 Å². The molecule has 1 saturated heterocycles. The number of aliphatic hydroxyl groups excluding tert-OH is 1. The molecule has 1 aromatic carbocycles. The number of aliphatic hydroxyl groups is 1. The number of hydrogen-bond acceptors (Lipinski definition) is 7. The first kappa shape index (κ1) is 28.9. The van der Waals surface area contributed by atoms with Gasteiger partial charge in [0, 0.05) is 29.6 Å². The third-order valence-electron chi connectivity index (χ3n) is 8.66. The van der Waals surface area contributed by atoms with Crippen molar-refractivity contribution in [2.75, 3.05) is 11.9 Å². The highest BCUT2D eigenvalue weighted by Gasteiger charge is 2.63. The second-order valence-corrected chi connectivity index (χ2v) is 14.5. The lowest BCUT2D eigenvalue weighted by Crippen LogP contribution is -2.58. The normalized spacial score (nSPS) is 32.9. The average Bonchev–Trinajstić information content (AvgIpc) is 3.77. The van der Waals surface area contributed by atoms with Gasteiger partial charge < -0.3 is 20.6 Å². The minimum absolute atomic E-state index is 0.0140. The fourth-order valence-corrected chi connectivity index (χ4v) is 7.16. The Morgan fingerprint density at radius 1 is 1.20 bits per heavy atom. The molecule has 0 bridgehead atoms. The Kier molecular flexibility index (Phi) is 7.93. The van der Waals surface area contributed by atoms with Crippen LogP contribution in [0.25, 0.3) is 0 Å². The SMILES string of the molecule is CC1(S(=O)(=O)NC(=O)[C@@]23C[C@H]2/C=C\CCCCC[C@H](Nc2cccc(Cl)c2)C(=O)N2C[C@H](O)C[C@H]2C(=O)N3)CC1. The quantitative estimate of drug-likeness (QED) is 0.384. The molecule has 5 rings (SSSR count). The molecule has 1 aromatic rings. The summed E-state index contributed by atoms with van der Waals surface area (Å²) < 4.78 is 26.9. The van der Waals surface area contributed by atoms with Gasteiger partial charge in [0.05, 0.1) is 10.9 Å². The Morgan fingerprint density at radius 3 is 2.70 bits per heavy atom. The first-order valence-corrected chi connectivity index (χ1v) is 15.9. The maximum atomic E-state index is 13.8. The lowest BCUT2D eigenvalue weighted by Gasteiger charge is -2.30. The summed E-state index contributed by atoms with van der Waals surface area (Å²) in [4.78, 5) is 42.3. The van der Waals surface area contributed by atoms with Gasteiger partial charge in [0.2, 0.25) is 21.8 Å². The zero-order valence-electron chi connectivity index (χ0n) is 22.6. The number of carbonyl (C=O) groups excluding carboxylic acids is 3. The van der Waals surface area contributed by atoms with Gasteiger partial charge >= 0.3 is 0 Å². The van der Waals surface area contributed by atoms with Crippen molar-refractivity contribution in [2.24, 2.45) is 5.92 Å². The lowest BCUT2D eigenvalue weighted by atomic mass is 10.0. The molecule has 4 N–H and O–H groups in total. The van der Waals surface area contributed by atoms with E-state index < -0.39 is 50.3 Å². The number of anilines is 1. The smallest absolute Gasteiger partial charge is 0.259 e. The van der Waals surface area contributed by atoms with Crippen LogP contribution in [-0.4, -0.2) is 71.2 Å². The molecule has 0 spiro atoms. The molecule has 3 fully saturated rings. The Balaban J connectivity index is 1.40. The maximum absolute atomic E-state index is 13.8. The number of amides is 3. The molecular formula is C28H37ClN4O6S. The number of allylic oxidation sites excluding steroid dienone is 1. The van der Waals surface area contributed by atoms with Crippen molar-refractivity contribution in [3.63, 3.8) is 0 Å². The number of halogens is 1. The zero-order chi connectivity index (χ0) is 28.7. The summed E-state index contributed by atoms with van der Waals surface area (Å²) in [6.07, 6.45) is 8.00. The molecule has 2 saturated carbocycles. The van der Waals surface area contributed by atoms with Gasteiger partial charge in [-0.15, -0.1) is 0 Å². The Morgan fingerprint density at radius 2 is 1.98 bits per heavy atom. The van der Waals surface area contributed by atoms with Crippen molar-refractivity contribution in [3.05, 3.63) is 41.4 Å². The summed E-state index contributed by atoms with van der Waals surface area (Å²) in [6, 6.07) is 5.42. The summed E-state index contributed by atoms with van der Waals surface area (Å²) in [5.74, 6) is -2.02. The van der Waals surface area contributed by atoms with E-state index in [4.69, 9.17) is 11.6 Å². The van der Waals surface area contributed by atoms with Crippen LogP contribution in [0.15, 0.2) is 36.4 Å². The second-order valence-electron chi connectivity index (χ2n) is 11.8. The number of sulfonamides is 1. The molecule has 218 valence electrons. The highest BCUT2D eigenvalue weighted by Crippen LogP contribution is 2.47. The van der Waals surface area contributed by atoms with Gasteiger partial charge in [-0.25, -0.2) is 8.42 Å². The number of hydrogen-bond donors (Lipinski definition) is 4. The van der Waals surface area contributed by atoms with Gasteiger partial charge in [-0.05, 0) is 63.6 Å². The number of nitrogens with one attached hydrogen (secondary N) is 3. The van der Waals surface area contributed by atoms with Crippen LogP contribution in [0.5, 0.6) is 0 Å². The van der Waals surface area contributed by atoms with Crippen molar-refractivity contribution < 1.29 is 27.9 Å². The highest BCUT2D eigenvalue weighted by molar-refractivity contribution is 7.91. The Labute approximate surface area is 239 Å². The molecule has 2 aliphatic carbocycles. The van der Waals surface area contributed by atoms with Crippen LogP contribution in [0.3, 0.4) is 0 Å². The van der Waals surface area contributed by atoms with Crippen molar-refractivity contribution in [2.45, 2.75) is 93.2 Å². The molecule has 2 aliphatic heterocycles. The summed E-state index contributed by atoms with van der Waals surface area (Å²) in [5.41, 5.74) is -0.748. The van der Waals surface area contributed by atoms with Crippen LogP contribution in [0, 0.1) is 5.92 Å². The van der Waals surface area contributed by atoms with Crippen LogP contribution in [0.4, 0.5) is 5.69 Å². The van der Waals surface area contributed by atoms with E-state index in [-0.39, 0.29) is 31.2 Å². The van der Waals surface area contributed by atoms with Gasteiger partial charge in [-0.1, -0.05) is 42.7 Å². The number of carbonyl (C=O) groups is 3. The molecule has 10 nitrogen and oxygen atoms in total. The molecule has 2 heterocycles. The first-order chi connectivity index (χ1) is 18.9. The first-order valence-electron chi connectivity index (χ1n) is 14.0. The topological polar surface area (TPSA) is 145 Å². The van der Waals surface area contributed by atoms with Crippen molar-refractivity contribution in [3.8, 4) is 0 Å². The fraction of sp³-hybridized carbons (Fsp3) is 0.607. The third-order valence-corrected chi connectivity index (χ3v) is 11.1. The fourth-order valence-electron chi connectivity index (χ4n) is 5.66. The Hall–Kier alpha value is -2.63. The predicted octanol–water partition coefficient (Wildman–Crippen LogP) is 2.48. The molecule has 3 amide bonds. The van der Waals surface area contributed by atoms with Gasteiger partial charge in [0.25, 0.3) is 5.91 Å². The summed E-state index contributed by atoms with van der Waals surface area (Å²) >= 11 is 6.15. The molecule has 0 radical (unpaired) electrons. The second kappa shape index (κ2) is 11.0. The lowest BCUT2D eigenvalue weighted by molar-refractivity contribution is -0.140. The zero-order valence-corrected chi connectivity index (χ0v) is 24.1. The standard InChI is InChI=1S/C28H37ClN4O6S/c1-27(12-13-27)40(38,39)32-26(37)28-16-18(28)8-5-3-2-4-6-11-22(30-20-10-7-9-19(29)14-20)25(36)33-17-21(34)15-23(33)24(35)31-28/h5,7-10,14,18,21-23,30,34H,2-4,6,11-13,15-17H2,1H3,(H,31,35)(H,32,37)/b8-5-/t18-,21-,22+,23+,28-/m1/s1. The molecule has 12 heteroatoms. The largest absolute Gasteiger partial charge is 0.391 e. The molecule has 5 atom stereocenters. The number of fused-ring (bicyclic) bond motifs is 2. The van der Waals surface area contributed by atoms with Gasteiger partial charge in [0.1, 0.15) is 17.6 Å². The minimum Gasteiger partial charge on any atom is -0.391 e. The average molecular weight is 593 g/mol. The number of nitrogens with zero attached hydrogens (tertiary/aromatic N) is 1. The van der Waals surface area contributed by atoms with Crippen LogP contribution in [0.2, 0.25) is 5.02 Å². The molecule has 0 aromatic heterocycles. The number of benzene rings is 1. The molecule has 40 heavy (non-hydrogen) atoms. The van der Waals surface area contributed by atoms with E-state index in [9.17, 15) is 27.9 Å². The summed E-state index contributed by atoms with van der Waals surface area (Å²) in [6.45, 7) is 1.58. The van der Waals surface area contributed by atoms with E-state index in [0.717, 1.165) is 25.7 Å². The maximum Gasteiger partial charge on any atom is 0.259 e. The monoisotopic (exact) mass is 592 g/mol. The van der Waals surface area contributed by atoms with E-state index in [1.54, 1.807) is 25.1 Å². The van der Waals surface area contributed by atoms with Gasteiger partial charge in [-0.3, -0.25) is 19.1 Å². The van der Waals surface area contributed by atoms with Crippen molar-refractivity contribution >= 4 is 45.0 Å². The highest BCUT2D eigenvalue weighted by atomic mass is 35.5. The van der Waals surface area contributed by atoms with Crippen LogP contribution < -0.4 is 15.4 Å². The van der Waals surface area contributed by atoms with Crippen LogP contribution in [-0.2, 0) is 24.4 Å². The summed E-state index contributed by atoms with van der Waals surface area (Å²) in [7, 11) is -3.90. The molecule has 4 aliphatic rings.